The number of hydrazine groups is 1. The molecule has 1 aromatic carbocycles. The van der Waals surface area contributed by atoms with Gasteiger partial charge in [-0.15, -0.1) is 0 Å². The van der Waals surface area contributed by atoms with Crippen LogP contribution in [0.15, 0.2) is 47.5 Å². The molecule has 0 spiro atoms. The van der Waals surface area contributed by atoms with Crippen LogP contribution in [0.25, 0.3) is 0 Å². The molecule has 14 heteroatoms. The molecule has 214 valence electrons. The SMILES string of the molecule is CS(=O)(=O)c1ccc(NC2NN(C3(CC#N)CCN(c4cc(C(F)(F)F)ccn4)CC3)C3CCNC(=O)C23)cc1. The molecule has 2 aromatic rings. The summed E-state index contributed by atoms with van der Waals surface area (Å²) in [6.07, 6.45) is -0.925. The van der Waals surface area contributed by atoms with Crippen LogP contribution in [0.1, 0.15) is 31.2 Å². The van der Waals surface area contributed by atoms with Gasteiger partial charge in [-0.05, 0) is 55.7 Å². The first-order valence-electron chi connectivity index (χ1n) is 13.0. The first kappa shape index (κ1) is 28.1. The summed E-state index contributed by atoms with van der Waals surface area (Å²) < 4.78 is 63.4. The van der Waals surface area contributed by atoms with Gasteiger partial charge >= 0.3 is 6.18 Å². The number of carbonyl (C=O) groups is 1. The third-order valence-corrected chi connectivity index (χ3v) is 9.17. The van der Waals surface area contributed by atoms with E-state index in [4.69, 9.17) is 0 Å². The van der Waals surface area contributed by atoms with Gasteiger partial charge in [0.15, 0.2) is 9.84 Å². The average molecular weight is 578 g/mol. The third-order valence-electron chi connectivity index (χ3n) is 8.04. The number of sulfone groups is 1. The van der Waals surface area contributed by atoms with Gasteiger partial charge in [-0.2, -0.15) is 18.4 Å². The van der Waals surface area contributed by atoms with Crippen LogP contribution >= 0.6 is 0 Å². The molecule has 5 rings (SSSR count). The zero-order valence-electron chi connectivity index (χ0n) is 21.8. The van der Waals surface area contributed by atoms with Gasteiger partial charge in [0.25, 0.3) is 0 Å². The van der Waals surface area contributed by atoms with Gasteiger partial charge in [0.2, 0.25) is 5.91 Å². The minimum Gasteiger partial charge on any atom is -0.368 e. The fourth-order valence-corrected chi connectivity index (χ4v) is 6.59. The predicted molar refractivity (Wildman–Crippen MR) is 140 cm³/mol. The second kappa shape index (κ2) is 10.5. The van der Waals surface area contributed by atoms with Gasteiger partial charge in [0.05, 0.1) is 34.4 Å². The third kappa shape index (κ3) is 5.45. The predicted octanol–water partition coefficient (Wildman–Crippen LogP) is 2.52. The zero-order valence-corrected chi connectivity index (χ0v) is 22.6. The number of nitrogens with one attached hydrogen (secondary N) is 3. The molecular formula is C26H30F3N7O3S. The van der Waals surface area contributed by atoms with Crippen LogP contribution in [0, 0.1) is 17.2 Å². The standard InChI is InChI=1S/C26H30F3N7O3S/c1-40(38,39)19-4-2-18(3-5-19)33-23-22-20(7-13-32-24(22)37)36(34-23)25(8-11-30)9-14-35(15-10-25)21-16-17(6-12-31-21)26(27,28)29/h2-6,12,16,20,22-23,33-34H,7-10,13-15H2,1H3,(H,32,37). The lowest BCUT2D eigenvalue weighted by Crippen LogP contribution is -2.62. The molecular weight excluding hydrogens is 547 g/mol. The number of pyridine rings is 1. The van der Waals surface area contributed by atoms with E-state index in [9.17, 15) is 31.6 Å². The molecule has 0 radical (unpaired) electrons. The van der Waals surface area contributed by atoms with Crippen molar-refractivity contribution in [2.45, 2.75) is 54.5 Å². The van der Waals surface area contributed by atoms with Crippen molar-refractivity contribution in [3.05, 3.63) is 48.2 Å². The molecule has 0 aliphatic carbocycles. The van der Waals surface area contributed by atoms with E-state index in [1.165, 1.54) is 12.1 Å². The van der Waals surface area contributed by atoms with E-state index in [-0.39, 0.29) is 29.1 Å². The maximum atomic E-state index is 13.3. The minimum atomic E-state index is -4.47. The number of aromatic nitrogens is 1. The number of nitriles is 1. The number of alkyl halides is 3. The quantitative estimate of drug-likeness (QED) is 0.474. The first-order chi connectivity index (χ1) is 18.9. The summed E-state index contributed by atoms with van der Waals surface area (Å²) >= 11 is 0. The van der Waals surface area contributed by atoms with E-state index in [1.807, 2.05) is 5.01 Å². The number of halogens is 3. The molecule has 3 saturated heterocycles. The number of amides is 1. The fraction of sp³-hybridized carbons (Fsp3) is 0.500. The second-order valence-corrected chi connectivity index (χ2v) is 12.6. The Morgan fingerprint density at radius 2 is 1.90 bits per heavy atom. The Morgan fingerprint density at radius 3 is 2.52 bits per heavy atom. The highest BCUT2D eigenvalue weighted by Crippen LogP contribution is 2.41. The Labute approximate surface area is 230 Å². The largest absolute Gasteiger partial charge is 0.416 e. The number of hydrogen-bond acceptors (Lipinski definition) is 9. The van der Waals surface area contributed by atoms with Crippen molar-refractivity contribution < 1.29 is 26.4 Å². The van der Waals surface area contributed by atoms with Gasteiger partial charge < -0.3 is 15.5 Å². The number of hydrogen-bond donors (Lipinski definition) is 3. The zero-order chi connectivity index (χ0) is 28.7. The van der Waals surface area contributed by atoms with E-state index < -0.39 is 39.2 Å². The molecule has 3 aliphatic heterocycles. The van der Waals surface area contributed by atoms with Gasteiger partial charge in [-0.1, -0.05) is 0 Å². The smallest absolute Gasteiger partial charge is 0.368 e. The summed E-state index contributed by atoms with van der Waals surface area (Å²) in [5, 5.41) is 18.0. The number of benzene rings is 1. The van der Waals surface area contributed by atoms with Crippen LogP contribution < -0.4 is 21.0 Å². The Kier molecular flexibility index (Phi) is 7.41. The Bertz CT molecular complexity index is 1400. The monoisotopic (exact) mass is 577 g/mol. The fourth-order valence-electron chi connectivity index (χ4n) is 5.96. The summed E-state index contributed by atoms with van der Waals surface area (Å²) in [6.45, 7) is 1.27. The summed E-state index contributed by atoms with van der Waals surface area (Å²) in [5.74, 6) is -0.377. The minimum absolute atomic E-state index is 0.130. The Balaban J connectivity index is 1.37. The van der Waals surface area contributed by atoms with Crippen LogP contribution in [0.2, 0.25) is 0 Å². The van der Waals surface area contributed by atoms with Crippen LogP contribution in [0.5, 0.6) is 0 Å². The molecule has 3 atom stereocenters. The van der Waals surface area contributed by atoms with Crippen LogP contribution in [-0.4, -0.2) is 68.0 Å². The lowest BCUT2D eigenvalue weighted by molar-refractivity contribution is -0.137. The van der Waals surface area contributed by atoms with Crippen molar-refractivity contribution >= 4 is 27.2 Å². The van der Waals surface area contributed by atoms with Gasteiger partial charge in [0, 0.05) is 43.8 Å². The summed E-state index contributed by atoms with van der Waals surface area (Å²) in [7, 11) is -3.36. The van der Waals surface area contributed by atoms with E-state index in [0.29, 0.717) is 44.6 Å². The van der Waals surface area contributed by atoms with E-state index >= 15 is 0 Å². The topological polar surface area (TPSA) is 130 Å². The Morgan fingerprint density at radius 1 is 1.20 bits per heavy atom. The average Bonchev–Trinajstić information content (AvgIpc) is 3.29. The summed E-state index contributed by atoms with van der Waals surface area (Å²) in [6, 6.07) is 10.3. The maximum Gasteiger partial charge on any atom is 0.416 e. The maximum absolute atomic E-state index is 13.3. The molecule has 1 aromatic heterocycles. The highest BCUT2D eigenvalue weighted by atomic mass is 32.2. The highest BCUT2D eigenvalue weighted by molar-refractivity contribution is 7.90. The van der Waals surface area contributed by atoms with Crippen molar-refractivity contribution in [1.82, 2.24) is 20.7 Å². The normalized spacial score (nSPS) is 25.1. The molecule has 4 heterocycles. The molecule has 3 unspecified atom stereocenters. The van der Waals surface area contributed by atoms with Crippen molar-refractivity contribution in [2.75, 3.05) is 36.1 Å². The molecule has 3 N–H and O–H groups in total. The van der Waals surface area contributed by atoms with Crippen molar-refractivity contribution in [2.24, 2.45) is 5.92 Å². The second-order valence-electron chi connectivity index (χ2n) is 10.5. The lowest BCUT2D eigenvalue weighted by Gasteiger charge is -2.49. The molecule has 1 amide bonds. The first-order valence-corrected chi connectivity index (χ1v) is 14.9. The van der Waals surface area contributed by atoms with Crippen molar-refractivity contribution in [3.63, 3.8) is 0 Å². The Hall–Kier alpha value is -3.41. The number of anilines is 2. The lowest BCUT2D eigenvalue weighted by atomic mass is 9.81. The van der Waals surface area contributed by atoms with Crippen LogP contribution in [-0.2, 0) is 20.8 Å². The van der Waals surface area contributed by atoms with Crippen molar-refractivity contribution in [3.8, 4) is 6.07 Å². The summed E-state index contributed by atoms with van der Waals surface area (Å²) in [5.41, 5.74) is 2.66. The van der Waals surface area contributed by atoms with E-state index in [1.54, 1.807) is 17.0 Å². The number of rotatable bonds is 6. The molecule has 0 saturated carbocycles. The molecule has 3 aliphatic rings. The molecule has 10 nitrogen and oxygen atoms in total. The molecule has 3 fully saturated rings. The van der Waals surface area contributed by atoms with E-state index in [2.05, 4.69) is 27.1 Å². The van der Waals surface area contributed by atoms with Gasteiger partial charge in [0.1, 0.15) is 12.0 Å². The molecule has 40 heavy (non-hydrogen) atoms. The van der Waals surface area contributed by atoms with E-state index in [0.717, 1.165) is 24.6 Å². The van der Waals surface area contributed by atoms with Crippen LogP contribution in [0.4, 0.5) is 24.7 Å². The van der Waals surface area contributed by atoms with Crippen LogP contribution in [0.3, 0.4) is 0 Å². The highest BCUT2D eigenvalue weighted by Gasteiger charge is 2.55. The van der Waals surface area contributed by atoms with Crippen molar-refractivity contribution in [1.29, 1.82) is 5.26 Å². The van der Waals surface area contributed by atoms with Gasteiger partial charge in [-0.25, -0.2) is 23.8 Å². The number of carbonyl (C=O) groups excluding carboxylic acids is 1. The number of fused-ring (bicyclic) bond motifs is 1. The van der Waals surface area contributed by atoms with Gasteiger partial charge in [-0.3, -0.25) is 4.79 Å². The number of piperidine rings is 2. The summed E-state index contributed by atoms with van der Waals surface area (Å²) in [4.78, 5) is 19.2. The molecule has 0 bridgehead atoms. The number of nitrogens with zero attached hydrogens (tertiary/aromatic N) is 4.